The Hall–Kier alpha value is -1.65. The number of thiophene rings is 1. The van der Waals surface area contributed by atoms with Gasteiger partial charge in [-0.25, -0.2) is 0 Å². The van der Waals surface area contributed by atoms with Gasteiger partial charge in [0.15, 0.2) is 6.61 Å². The van der Waals surface area contributed by atoms with Gasteiger partial charge in [0.1, 0.15) is 0 Å². The maximum Gasteiger partial charge on any atom is 0.313 e. The molecule has 0 fully saturated rings. The van der Waals surface area contributed by atoms with Crippen LogP contribution in [0.25, 0.3) is 0 Å². The van der Waals surface area contributed by atoms with E-state index >= 15 is 0 Å². The number of halogens is 1. The highest BCUT2D eigenvalue weighted by molar-refractivity contribution is 7.18. The molecule has 1 aromatic heterocycles. The second kappa shape index (κ2) is 7.38. The minimum atomic E-state index is -0.375. The van der Waals surface area contributed by atoms with Crippen LogP contribution < -0.4 is 0 Å². The summed E-state index contributed by atoms with van der Waals surface area (Å²) in [5.74, 6) is -0.950. The molecule has 0 spiro atoms. The van der Waals surface area contributed by atoms with E-state index in [0.717, 1.165) is 5.56 Å². The molecule has 1 heterocycles. The fraction of sp³-hybridized carbons (Fsp3) is 0.250. The number of esters is 1. The number of ether oxygens (including phenoxy) is 1. The second-order valence-electron chi connectivity index (χ2n) is 4.51. The van der Waals surface area contributed by atoms with Crippen LogP contribution in [0.4, 0.5) is 0 Å². The largest absolute Gasteiger partial charge is 0.457 e. The molecule has 0 saturated carbocycles. The molecule has 0 bridgehead atoms. The molecular weight excluding hydrogens is 308 g/mol. The van der Waals surface area contributed by atoms with E-state index < -0.39 is 0 Å². The third-order valence-corrected chi connectivity index (χ3v) is 4.36. The van der Waals surface area contributed by atoms with E-state index in [1.165, 1.54) is 11.3 Å². The summed E-state index contributed by atoms with van der Waals surface area (Å²) in [5, 5.41) is 0. The molecule has 2 aromatic rings. The van der Waals surface area contributed by atoms with Gasteiger partial charge in [-0.05, 0) is 24.1 Å². The van der Waals surface area contributed by atoms with Crippen molar-refractivity contribution in [2.75, 3.05) is 6.61 Å². The second-order valence-corrected chi connectivity index (χ2v) is 6.22. The molecule has 0 aliphatic heterocycles. The van der Waals surface area contributed by atoms with Crippen molar-refractivity contribution < 1.29 is 14.3 Å². The van der Waals surface area contributed by atoms with Crippen molar-refractivity contribution in [3.8, 4) is 0 Å². The average molecular weight is 323 g/mol. The Labute approximate surface area is 132 Å². The number of carbonyl (C=O) groups is 2. The lowest BCUT2D eigenvalue weighted by atomic mass is 9.97. The van der Waals surface area contributed by atoms with Gasteiger partial charge in [0.25, 0.3) is 0 Å². The lowest BCUT2D eigenvalue weighted by Crippen LogP contribution is -2.19. The normalized spacial score (nSPS) is 11.9. The topological polar surface area (TPSA) is 43.4 Å². The van der Waals surface area contributed by atoms with Gasteiger partial charge in [-0.1, -0.05) is 48.9 Å². The van der Waals surface area contributed by atoms with Gasteiger partial charge in [-0.3, -0.25) is 9.59 Å². The number of hydrogen-bond acceptors (Lipinski definition) is 4. The van der Waals surface area contributed by atoms with E-state index in [-0.39, 0.29) is 24.3 Å². The van der Waals surface area contributed by atoms with E-state index in [1.54, 1.807) is 12.1 Å². The Kier molecular flexibility index (Phi) is 5.53. The lowest BCUT2D eigenvalue weighted by Gasteiger charge is -2.14. The molecule has 21 heavy (non-hydrogen) atoms. The van der Waals surface area contributed by atoms with Crippen LogP contribution in [0.15, 0.2) is 42.5 Å². The van der Waals surface area contributed by atoms with Crippen LogP contribution in [0.2, 0.25) is 4.34 Å². The third-order valence-electron chi connectivity index (χ3n) is 3.09. The van der Waals surface area contributed by atoms with Crippen molar-refractivity contribution in [3.05, 3.63) is 57.2 Å². The molecule has 0 aliphatic carbocycles. The van der Waals surface area contributed by atoms with Crippen molar-refractivity contribution in [3.63, 3.8) is 0 Å². The summed E-state index contributed by atoms with van der Waals surface area (Å²) in [5.41, 5.74) is 0.900. The molecule has 0 N–H and O–H groups in total. The fourth-order valence-corrected chi connectivity index (χ4v) is 2.96. The summed E-state index contributed by atoms with van der Waals surface area (Å²) < 4.78 is 5.69. The monoisotopic (exact) mass is 322 g/mol. The van der Waals surface area contributed by atoms with Crippen molar-refractivity contribution in [1.82, 2.24) is 0 Å². The summed E-state index contributed by atoms with van der Waals surface area (Å²) in [4.78, 5) is 24.5. The predicted molar refractivity (Wildman–Crippen MR) is 84.1 cm³/mol. The van der Waals surface area contributed by atoms with Gasteiger partial charge >= 0.3 is 5.97 Å². The van der Waals surface area contributed by atoms with Crippen molar-refractivity contribution in [2.45, 2.75) is 19.3 Å². The zero-order valence-corrected chi connectivity index (χ0v) is 13.1. The quantitative estimate of drug-likeness (QED) is 0.587. The minimum absolute atomic E-state index is 0.233. The zero-order chi connectivity index (χ0) is 15.2. The van der Waals surface area contributed by atoms with Crippen LogP contribution in [0.1, 0.15) is 34.5 Å². The molecule has 1 aromatic carbocycles. The summed E-state index contributed by atoms with van der Waals surface area (Å²) in [7, 11) is 0. The van der Waals surface area contributed by atoms with E-state index in [4.69, 9.17) is 16.3 Å². The van der Waals surface area contributed by atoms with Crippen LogP contribution in [-0.2, 0) is 9.53 Å². The highest BCUT2D eigenvalue weighted by atomic mass is 35.5. The number of rotatable bonds is 6. The molecular formula is C16H15ClO3S. The van der Waals surface area contributed by atoms with Crippen molar-refractivity contribution in [2.24, 2.45) is 0 Å². The first-order valence-electron chi connectivity index (χ1n) is 6.62. The van der Waals surface area contributed by atoms with Gasteiger partial charge < -0.3 is 4.74 Å². The first-order chi connectivity index (χ1) is 10.1. The average Bonchev–Trinajstić information content (AvgIpc) is 2.93. The Morgan fingerprint density at radius 3 is 2.48 bits per heavy atom. The van der Waals surface area contributed by atoms with Crippen LogP contribution in [-0.4, -0.2) is 18.4 Å². The number of carbonyl (C=O) groups excluding carboxylic acids is 2. The van der Waals surface area contributed by atoms with Crippen molar-refractivity contribution in [1.29, 1.82) is 0 Å². The summed E-state index contributed by atoms with van der Waals surface area (Å²) in [6.07, 6.45) is 0.627. The molecule has 0 aliphatic rings. The maximum absolute atomic E-state index is 12.1. The lowest BCUT2D eigenvalue weighted by molar-refractivity contribution is -0.144. The Bertz CT molecular complexity index is 621. The van der Waals surface area contributed by atoms with Gasteiger partial charge in [0.05, 0.1) is 15.1 Å². The molecule has 0 unspecified atom stereocenters. The smallest absolute Gasteiger partial charge is 0.313 e. The molecule has 0 saturated heterocycles. The Morgan fingerprint density at radius 1 is 1.19 bits per heavy atom. The number of Topliss-reactive ketones (excluding diaryl/α,β-unsaturated/α-hetero) is 1. The first kappa shape index (κ1) is 15.7. The van der Waals surface area contributed by atoms with Crippen molar-refractivity contribution >= 4 is 34.7 Å². The third kappa shape index (κ3) is 4.16. The first-order valence-corrected chi connectivity index (χ1v) is 7.81. The molecule has 5 heteroatoms. The molecule has 0 radical (unpaired) electrons. The maximum atomic E-state index is 12.1. The van der Waals surface area contributed by atoms with Crippen LogP contribution in [0.3, 0.4) is 0 Å². The summed E-state index contributed by atoms with van der Waals surface area (Å²) >= 11 is 6.96. The number of hydrogen-bond donors (Lipinski definition) is 0. The standard InChI is InChI=1S/C16H15ClO3S/c1-2-12(11-6-4-3-5-7-11)16(19)20-10-13(18)14-8-9-15(17)21-14/h3-9,12H,2,10H2,1H3/t12-/m1/s1. The van der Waals surface area contributed by atoms with E-state index in [2.05, 4.69) is 0 Å². The molecule has 2 rings (SSSR count). The molecule has 1 atom stereocenters. The van der Waals surface area contributed by atoms with Gasteiger partial charge in [0.2, 0.25) is 5.78 Å². The summed E-state index contributed by atoms with van der Waals surface area (Å²) in [6, 6.07) is 12.7. The Morgan fingerprint density at radius 2 is 1.90 bits per heavy atom. The van der Waals surface area contributed by atoms with Crippen LogP contribution in [0, 0.1) is 0 Å². The van der Waals surface area contributed by atoms with Gasteiger partial charge in [0, 0.05) is 0 Å². The van der Waals surface area contributed by atoms with E-state index in [1.807, 2.05) is 37.3 Å². The van der Waals surface area contributed by atoms with Gasteiger partial charge in [-0.2, -0.15) is 0 Å². The van der Waals surface area contributed by atoms with Gasteiger partial charge in [-0.15, -0.1) is 11.3 Å². The predicted octanol–water partition coefficient (Wildman–Crippen LogP) is 4.32. The number of benzene rings is 1. The molecule has 3 nitrogen and oxygen atoms in total. The van der Waals surface area contributed by atoms with Crippen LogP contribution >= 0.6 is 22.9 Å². The molecule has 110 valence electrons. The van der Waals surface area contributed by atoms with E-state index in [0.29, 0.717) is 15.6 Å². The number of ketones is 1. The SMILES string of the molecule is CC[C@@H](C(=O)OCC(=O)c1ccc(Cl)s1)c1ccccc1. The van der Waals surface area contributed by atoms with Crippen LogP contribution in [0.5, 0.6) is 0 Å². The highest BCUT2D eigenvalue weighted by Crippen LogP contribution is 2.23. The zero-order valence-electron chi connectivity index (χ0n) is 11.5. The Balaban J connectivity index is 1.96. The molecule has 0 amide bonds. The fourth-order valence-electron chi connectivity index (χ4n) is 2.00. The highest BCUT2D eigenvalue weighted by Gasteiger charge is 2.21. The minimum Gasteiger partial charge on any atom is -0.457 e. The van der Waals surface area contributed by atoms with E-state index in [9.17, 15) is 9.59 Å². The summed E-state index contributed by atoms with van der Waals surface area (Å²) in [6.45, 7) is 1.67.